The summed E-state index contributed by atoms with van der Waals surface area (Å²) < 4.78 is 63.2. The van der Waals surface area contributed by atoms with Crippen LogP contribution in [0.3, 0.4) is 0 Å². The van der Waals surface area contributed by atoms with Gasteiger partial charge in [0, 0.05) is 55.8 Å². The first kappa shape index (κ1) is 39.4. The van der Waals surface area contributed by atoms with Crippen molar-refractivity contribution in [2.24, 2.45) is 0 Å². The number of likely N-dealkylation sites (tertiary alicyclic amines) is 1. The molecule has 4 aromatic rings. The Hall–Kier alpha value is -4.34. The molecule has 1 unspecified atom stereocenters. The third-order valence-electron chi connectivity index (χ3n) is 10.1. The Morgan fingerprint density at radius 1 is 0.852 bits per heavy atom. The van der Waals surface area contributed by atoms with Gasteiger partial charge in [-0.2, -0.15) is 18.4 Å². The minimum Gasteiger partial charge on any atom is -0.493 e. The predicted octanol–water partition coefficient (Wildman–Crippen LogP) is 9.07. The molecule has 0 spiro atoms. The van der Waals surface area contributed by atoms with Crippen LogP contribution in [-0.4, -0.2) is 73.0 Å². The van der Waals surface area contributed by atoms with E-state index in [9.17, 15) is 18.4 Å². The maximum Gasteiger partial charge on any atom is 0.415 e. The van der Waals surface area contributed by atoms with Crippen molar-refractivity contribution in [2.75, 3.05) is 45.9 Å². The van der Waals surface area contributed by atoms with E-state index in [1.807, 2.05) is 43.3 Å². The zero-order valence-electron chi connectivity index (χ0n) is 30.8. The number of morpholine rings is 1. The van der Waals surface area contributed by atoms with Crippen molar-refractivity contribution in [1.29, 1.82) is 5.26 Å². The van der Waals surface area contributed by atoms with Crippen LogP contribution in [0.4, 0.5) is 13.2 Å². The van der Waals surface area contributed by atoms with Crippen LogP contribution in [0.15, 0.2) is 67.0 Å². The standard InChI is InChI=1S/C42H46ClF3N4O4/c1-29-33(9-6-10-35(29)36-11-7-12-38(30(36)2)51-17-8-15-50-16-18-52-41(26-50)42(44,45)46)28-54-40-21-39(53-27-32-19-31(22-47)23-48-24-32)34(20-37(40)43)25-49-13-4-3-5-14-49/h6-7,9-12,19-21,23-24,41H,3-5,8,13-18,25-28H2,1-2H3. The molecule has 0 bridgehead atoms. The van der Waals surface area contributed by atoms with E-state index in [-0.39, 0.29) is 26.4 Å². The number of nitrogens with zero attached hydrogens (tertiary/aromatic N) is 4. The third kappa shape index (κ3) is 10.2. The first-order chi connectivity index (χ1) is 26.1. The zero-order valence-corrected chi connectivity index (χ0v) is 31.5. The Bertz CT molecular complexity index is 1930. The van der Waals surface area contributed by atoms with E-state index in [0.29, 0.717) is 54.7 Å². The molecule has 2 fully saturated rings. The van der Waals surface area contributed by atoms with Gasteiger partial charge in [0.05, 0.1) is 23.8 Å². The topological polar surface area (TPSA) is 80.1 Å². The minimum atomic E-state index is -4.36. The molecule has 1 atom stereocenters. The van der Waals surface area contributed by atoms with E-state index in [2.05, 4.69) is 35.0 Å². The highest BCUT2D eigenvalue weighted by Gasteiger charge is 2.43. The molecule has 0 aliphatic carbocycles. The fraction of sp³-hybridized carbons (Fsp3) is 0.429. The summed E-state index contributed by atoms with van der Waals surface area (Å²) in [6.45, 7) is 8.66. The van der Waals surface area contributed by atoms with Crippen LogP contribution in [0.1, 0.15) is 59.1 Å². The predicted molar refractivity (Wildman–Crippen MR) is 202 cm³/mol. The van der Waals surface area contributed by atoms with Crippen LogP contribution in [-0.2, 0) is 24.5 Å². The van der Waals surface area contributed by atoms with E-state index in [1.165, 1.54) is 25.5 Å². The second kappa shape index (κ2) is 18.3. The Labute approximate surface area is 320 Å². The van der Waals surface area contributed by atoms with Crippen LogP contribution >= 0.6 is 11.6 Å². The summed E-state index contributed by atoms with van der Waals surface area (Å²) in [6, 6.07) is 19.7. The Morgan fingerprint density at radius 2 is 1.61 bits per heavy atom. The zero-order chi connectivity index (χ0) is 38.1. The molecule has 2 aliphatic heterocycles. The maximum absolute atomic E-state index is 13.1. The van der Waals surface area contributed by atoms with Gasteiger partial charge in [-0.1, -0.05) is 48.4 Å². The molecule has 0 saturated carbocycles. The first-order valence-corrected chi connectivity index (χ1v) is 18.8. The molecule has 6 rings (SSSR count). The maximum atomic E-state index is 13.1. The molecule has 0 amide bonds. The molecule has 1 aromatic heterocycles. The molecule has 8 nitrogen and oxygen atoms in total. The number of pyridine rings is 1. The molecular formula is C42H46ClF3N4O4. The molecule has 0 radical (unpaired) electrons. The SMILES string of the molecule is Cc1c(COc2cc(OCc3cncc(C#N)c3)c(CN3CCCCC3)cc2Cl)cccc1-c1cccc(OCCCN2CCOC(C(F)(F)F)C2)c1C. The molecule has 2 aliphatic rings. The molecule has 2 saturated heterocycles. The lowest BCUT2D eigenvalue weighted by Crippen LogP contribution is -2.49. The average molecular weight is 763 g/mol. The number of alkyl halides is 3. The highest BCUT2D eigenvalue weighted by Crippen LogP contribution is 2.37. The molecule has 12 heteroatoms. The molecule has 3 aromatic carbocycles. The number of hydrogen-bond donors (Lipinski definition) is 0. The van der Waals surface area contributed by atoms with Crippen molar-refractivity contribution in [1.82, 2.24) is 14.8 Å². The van der Waals surface area contributed by atoms with Crippen molar-refractivity contribution in [3.63, 3.8) is 0 Å². The van der Waals surface area contributed by atoms with E-state index >= 15 is 0 Å². The van der Waals surface area contributed by atoms with E-state index < -0.39 is 12.3 Å². The molecular weight excluding hydrogens is 717 g/mol. The summed E-state index contributed by atoms with van der Waals surface area (Å²) in [5.74, 6) is 1.93. The fourth-order valence-corrected chi connectivity index (χ4v) is 7.26. The molecule has 3 heterocycles. The van der Waals surface area contributed by atoms with Crippen LogP contribution in [0.2, 0.25) is 5.02 Å². The highest BCUT2D eigenvalue weighted by atomic mass is 35.5. The van der Waals surface area contributed by atoms with Crippen LogP contribution < -0.4 is 14.2 Å². The van der Waals surface area contributed by atoms with Gasteiger partial charge in [0.15, 0.2) is 6.10 Å². The lowest BCUT2D eigenvalue weighted by molar-refractivity contribution is -0.237. The highest BCUT2D eigenvalue weighted by molar-refractivity contribution is 6.32. The van der Waals surface area contributed by atoms with Crippen LogP contribution in [0.25, 0.3) is 11.1 Å². The van der Waals surface area contributed by atoms with Gasteiger partial charge in [0.2, 0.25) is 0 Å². The summed E-state index contributed by atoms with van der Waals surface area (Å²) in [4.78, 5) is 8.37. The van der Waals surface area contributed by atoms with E-state index in [1.54, 1.807) is 17.2 Å². The smallest absolute Gasteiger partial charge is 0.415 e. The summed E-state index contributed by atoms with van der Waals surface area (Å²) in [5.41, 5.74) is 7.36. The largest absolute Gasteiger partial charge is 0.493 e. The minimum absolute atomic E-state index is 0.0712. The van der Waals surface area contributed by atoms with E-state index in [4.69, 9.17) is 30.5 Å². The van der Waals surface area contributed by atoms with Crippen molar-refractivity contribution >= 4 is 11.6 Å². The van der Waals surface area contributed by atoms with Crippen LogP contribution in [0.5, 0.6) is 17.2 Å². The number of benzene rings is 3. The van der Waals surface area contributed by atoms with Gasteiger partial charge in [-0.25, -0.2) is 0 Å². The Kier molecular flexibility index (Phi) is 13.4. The number of rotatable bonds is 14. The van der Waals surface area contributed by atoms with E-state index in [0.717, 1.165) is 57.8 Å². The third-order valence-corrected chi connectivity index (χ3v) is 10.4. The van der Waals surface area contributed by atoms with Crippen molar-refractivity contribution in [2.45, 2.75) is 71.6 Å². The lowest BCUT2D eigenvalue weighted by Gasteiger charge is -2.33. The molecule has 286 valence electrons. The summed E-state index contributed by atoms with van der Waals surface area (Å²) >= 11 is 6.86. The second-order valence-corrected chi connectivity index (χ2v) is 14.3. The van der Waals surface area contributed by atoms with Gasteiger partial charge in [0.25, 0.3) is 0 Å². The first-order valence-electron chi connectivity index (χ1n) is 18.5. The molecule has 54 heavy (non-hydrogen) atoms. The van der Waals surface area contributed by atoms with Crippen LogP contribution in [0, 0.1) is 25.2 Å². The number of halogens is 4. The Morgan fingerprint density at radius 3 is 2.39 bits per heavy atom. The normalized spacial score (nSPS) is 16.9. The lowest BCUT2D eigenvalue weighted by atomic mass is 9.93. The summed E-state index contributed by atoms with van der Waals surface area (Å²) in [7, 11) is 0. The number of hydrogen-bond acceptors (Lipinski definition) is 8. The number of piperidine rings is 1. The second-order valence-electron chi connectivity index (χ2n) is 13.9. The van der Waals surface area contributed by atoms with Gasteiger partial charge >= 0.3 is 6.18 Å². The molecule has 0 N–H and O–H groups in total. The van der Waals surface area contributed by atoms with Crippen molar-refractivity contribution < 1.29 is 32.1 Å². The number of ether oxygens (including phenoxy) is 4. The summed E-state index contributed by atoms with van der Waals surface area (Å²) in [6.07, 6.45) is 1.30. The fourth-order valence-electron chi connectivity index (χ4n) is 7.02. The monoisotopic (exact) mass is 762 g/mol. The summed E-state index contributed by atoms with van der Waals surface area (Å²) in [5, 5.41) is 9.83. The van der Waals surface area contributed by atoms with Gasteiger partial charge in [-0.05, 0) is 92.2 Å². The van der Waals surface area contributed by atoms with Crippen molar-refractivity contribution in [3.8, 4) is 34.4 Å². The Balaban J connectivity index is 1.13. The average Bonchev–Trinajstić information content (AvgIpc) is 3.17. The quantitative estimate of drug-likeness (QED) is 0.118. The van der Waals surface area contributed by atoms with Gasteiger partial charge in [-0.3, -0.25) is 14.8 Å². The van der Waals surface area contributed by atoms with Gasteiger partial charge in [-0.15, -0.1) is 0 Å². The van der Waals surface area contributed by atoms with Gasteiger partial charge < -0.3 is 18.9 Å². The van der Waals surface area contributed by atoms with Crippen molar-refractivity contribution in [3.05, 3.63) is 105 Å². The number of aromatic nitrogens is 1. The number of nitriles is 1. The van der Waals surface area contributed by atoms with Gasteiger partial charge in [0.1, 0.15) is 36.5 Å².